The van der Waals surface area contributed by atoms with E-state index in [1.165, 1.54) is 0 Å². The molecule has 0 N–H and O–H groups in total. The molecule has 0 saturated carbocycles. The molecule has 1 aromatic carbocycles. The minimum atomic E-state index is -0.101. The molecule has 2 aromatic heterocycles. The number of rotatable bonds is 4. The standard InChI is InChI=1S/C20H19N3O3/c24-20(18-13-19(26-22-18)15-5-2-1-3-6-15)23-11-8-16(9-12-23)25-17-7-4-10-21-14-17/h1-7,10,13-14,16H,8-9,11-12H2. The highest BCUT2D eigenvalue weighted by atomic mass is 16.5. The summed E-state index contributed by atoms with van der Waals surface area (Å²) in [6.07, 6.45) is 5.09. The van der Waals surface area contributed by atoms with E-state index in [-0.39, 0.29) is 12.0 Å². The van der Waals surface area contributed by atoms with Crippen LogP contribution in [0.3, 0.4) is 0 Å². The number of hydrogen-bond acceptors (Lipinski definition) is 5. The summed E-state index contributed by atoms with van der Waals surface area (Å²) in [6, 6.07) is 15.1. The average molecular weight is 349 g/mol. The summed E-state index contributed by atoms with van der Waals surface area (Å²) in [4.78, 5) is 18.5. The zero-order valence-corrected chi connectivity index (χ0v) is 14.2. The number of carbonyl (C=O) groups excluding carboxylic acids is 1. The summed E-state index contributed by atoms with van der Waals surface area (Å²) < 4.78 is 11.3. The molecule has 1 fully saturated rings. The number of benzene rings is 1. The molecule has 3 heterocycles. The Balaban J connectivity index is 1.36. The molecular weight excluding hydrogens is 330 g/mol. The number of nitrogens with zero attached hydrogens (tertiary/aromatic N) is 3. The van der Waals surface area contributed by atoms with Gasteiger partial charge in [0, 0.05) is 43.8 Å². The largest absolute Gasteiger partial charge is 0.489 e. The van der Waals surface area contributed by atoms with Gasteiger partial charge in [-0.3, -0.25) is 9.78 Å². The van der Waals surface area contributed by atoms with Crippen LogP contribution in [-0.4, -0.2) is 40.1 Å². The van der Waals surface area contributed by atoms with E-state index >= 15 is 0 Å². The monoisotopic (exact) mass is 349 g/mol. The van der Waals surface area contributed by atoms with Crippen molar-refractivity contribution in [2.75, 3.05) is 13.1 Å². The summed E-state index contributed by atoms with van der Waals surface area (Å²) >= 11 is 0. The summed E-state index contributed by atoms with van der Waals surface area (Å²) in [5, 5.41) is 3.95. The van der Waals surface area contributed by atoms with Gasteiger partial charge >= 0.3 is 0 Å². The Labute approximate surface area is 151 Å². The van der Waals surface area contributed by atoms with Crippen LogP contribution in [0.1, 0.15) is 23.3 Å². The van der Waals surface area contributed by atoms with Crippen molar-refractivity contribution in [1.29, 1.82) is 0 Å². The zero-order chi connectivity index (χ0) is 17.8. The number of piperidine rings is 1. The minimum absolute atomic E-state index is 0.0976. The predicted octanol–water partition coefficient (Wildman–Crippen LogP) is 3.42. The molecule has 1 aliphatic heterocycles. The van der Waals surface area contributed by atoms with Gasteiger partial charge in [-0.2, -0.15) is 0 Å². The first-order chi connectivity index (χ1) is 12.8. The van der Waals surface area contributed by atoms with Crippen LogP contribution in [0, 0.1) is 0 Å². The fourth-order valence-electron chi connectivity index (χ4n) is 3.06. The van der Waals surface area contributed by atoms with Crippen molar-refractivity contribution < 1.29 is 14.1 Å². The van der Waals surface area contributed by atoms with E-state index in [9.17, 15) is 4.79 Å². The molecule has 6 heteroatoms. The summed E-state index contributed by atoms with van der Waals surface area (Å²) in [5.74, 6) is 1.26. The fraction of sp³-hybridized carbons (Fsp3) is 0.250. The summed E-state index contributed by atoms with van der Waals surface area (Å²) in [5.41, 5.74) is 1.25. The molecule has 26 heavy (non-hydrogen) atoms. The van der Waals surface area contributed by atoms with E-state index in [0.29, 0.717) is 24.5 Å². The highest BCUT2D eigenvalue weighted by Gasteiger charge is 2.26. The molecule has 4 rings (SSSR count). The van der Waals surface area contributed by atoms with E-state index in [1.807, 2.05) is 42.5 Å². The third-order valence-electron chi connectivity index (χ3n) is 4.45. The van der Waals surface area contributed by atoms with Gasteiger partial charge in [0.05, 0.1) is 6.20 Å². The smallest absolute Gasteiger partial charge is 0.276 e. The number of hydrogen-bond donors (Lipinski definition) is 0. The first-order valence-electron chi connectivity index (χ1n) is 8.68. The Morgan fingerprint density at radius 2 is 1.92 bits per heavy atom. The van der Waals surface area contributed by atoms with Gasteiger partial charge in [0.25, 0.3) is 5.91 Å². The van der Waals surface area contributed by atoms with Crippen LogP contribution in [0.5, 0.6) is 5.75 Å². The Kier molecular flexibility index (Phi) is 4.64. The highest BCUT2D eigenvalue weighted by Crippen LogP contribution is 2.22. The molecule has 6 nitrogen and oxygen atoms in total. The maximum absolute atomic E-state index is 12.7. The third kappa shape index (κ3) is 3.59. The number of amides is 1. The lowest BCUT2D eigenvalue weighted by atomic mass is 10.1. The number of aromatic nitrogens is 2. The van der Waals surface area contributed by atoms with Crippen molar-refractivity contribution in [3.05, 3.63) is 66.6 Å². The van der Waals surface area contributed by atoms with Crippen molar-refractivity contribution in [2.24, 2.45) is 0 Å². The normalized spacial score (nSPS) is 15.0. The molecule has 0 spiro atoms. The Hall–Kier alpha value is -3.15. The minimum Gasteiger partial charge on any atom is -0.489 e. The fourth-order valence-corrected chi connectivity index (χ4v) is 3.06. The van der Waals surface area contributed by atoms with E-state index in [1.54, 1.807) is 23.4 Å². The quantitative estimate of drug-likeness (QED) is 0.722. The average Bonchev–Trinajstić information content (AvgIpc) is 3.20. The maximum atomic E-state index is 12.7. The van der Waals surface area contributed by atoms with Crippen LogP contribution >= 0.6 is 0 Å². The van der Waals surface area contributed by atoms with Crippen molar-refractivity contribution >= 4 is 5.91 Å². The number of pyridine rings is 1. The van der Waals surface area contributed by atoms with Crippen LogP contribution in [-0.2, 0) is 0 Å². The molecule has 3 aromatic rings. The second kappa shape index (κ2) is 7.39. The topological polar surface area (TPSA) is 68.5 Å². The van der Waals surface area contributed by atoms with Gasteiger partial charge in [0.2, 0.25) is 0 Å². The van der Waals surface area contributed by atoms with Gasteiger partial charge in [-0.1, -0.05) is 35.5 Å². The summed E-state index contributed by atoms with van der Waals surface area (Å²) in [7, 11) is 0. The molecule has 0 bridgehead atoms. The number of likely N-dealkylation sites (tertiary alicyclic amines) is 1. The van der Waals surface area contributed by atoms with Crippen molar-refractivity contribution in [3.63, 3.8) is 0 Å². The lowest BCUT2D eigenvalue weighted by Gasteiger charge is -2.31. The van der Waals surface area contributed by atoms with E-state index in [0.717, 1.165) is 24.2 Å². The lowest BCUT2D eigenvalue weighted by molar-refractivity contribution is 0.0585. The Morgan fingerprint density at radius 3 is 2.65 bits per heavy atom. The second-order valence-electron chi connectivity index (χ2n) is 6.24. The van der Waals surface area contributed by atoms with Gasteiger partial charge in [-0.05, 0) is 12.1 Å². The molecule has 1 amide bonds. The van der Waals surface area contributed by atoms with Crippen LogP contribution in [0.15, 0.2) is 65.4 Å². The Bertz CT molecular complexity index is 856. The van der Waals surface area contributed by atoms with Crippen molar-refractivity contribution in [2.45, 2.75) is 18.9 Å². The zero-order valence-electron chi connectivity index (χ0n) is 14.2. The van der Waals surface area contributed by atoms with Gasteiger partial charge in [-0.15, -0.1) is 0 Å². The molecule has 0 unspecified atom stereocenters. The highest BCUT2D eigenvalue weighted by molar-refractivity contribution is 5.93. The first kappa shape index (κ1) is 16.3. The van der Waals surface area contributed by atoms with E-state index < -0.39 is 0 Å². The molecule has 0 atom stereocenters. The Morgan fingerprint density at radius 1 is 1.12 bits per heavy atom. The lowest BCUT2D eigenvalue weighted by Crippen LogP contribution is -2.41. The molecule has 132 valence electrons. The van der Waals surface area contributed by atoms with Gasteiger partial charge < -0.3 is 14.2 Å². The molecule has 0 aliphatic carbocycles. The van der Waals surface area contributed by atoms with Gasteiger partial charge in [0.15, 0.2) is 11.5 Å². The second-order valence-corrected chi connectivity index (χ2v) is 6.24. The van der Waals surface area contributed by atoms with Gasteiger partial charge in [-0.25, -0.2) is 0 Å². The van der Waals surface area contributed by atoms with Crippen LogP contribution in [0.25, 0.3) is 11.3 Å². The molecule has 1 aliphatic rings. The molecule has 1 saturated heterocycles. The first-order valence-corrected chi connectivity index (χ1v) is 8.68. The van der Waals surface area contributed by atoms with E-state index in [4.69, 9.17) is 9.26 Å². The van der Waals surface area contributed by atoms with Crippen molar-refractivity contribution in [3.8, 4) is 17.1 Å². The van der Waals surface area contributed by atoms with Gasteiger partial charge in [0.1, 0.15) is 11.9 Å². The number of carbonyl (C=O) groups is 1. The molecule has 0 radical (unpaired) electrons. The van der Waals surface area contributed by atoms with E-state index in [2.05, 4.69) is 10.1 Å². The summed E-state index contributed by atoms with van der Waals surface area (Å²) in [6.45, 7) is 1.27. The maximum Gasteiger partial charge on any atom is 0.276 e. The van der Waals surface area contributed by atoms with Crippen LogP contribution in [0.4, 0.5) is 0 Å². The van der Waals surface area contributed by atoms with Crippen LogP contribution < -0.4 is 4.74 Å². The molecular formula is C20H19N3O3. The third-order valence-corrected chi connectivity index (χ3v) is 4.45. The predicted molar refractivity (Wildman–Crippen MR) is 95.7 cm³/mol. The number of ether oxygens (including phenoxy) is 1. The SMILES string of the molecule is O=C(c1cc(-c2ccccc2)on1)N1CCC(Oc2cccnc2)CC1. The van der Waals surface area contributed by atoms with Crippen LogP contribution in [0.2, 0.25) is 0 Å². The van der Waals surface area contributed by atoms with Crippen molar-refractivity contribution in [1.82, 2.24) is 15.0 Å².